The molecule has 0 aliphatic heterocycles. The Morgan fingerprint density at radius 3 is 2.61 bits per heavy atom. The van der Waals surface area contributed by atoms with Crippen LogP contribution >= 0.6 is 0 Å². The fraction of sp³-hybridized carbons (Fsp3) is 0.700. The SMILES string of the molecule is CC(C)C1=C2[C@H]3CC=C(C=O)CC[C@]3(C)CC[C@@]2(C(=O)O)CC1. The van der Waals surface area contributed by atoms with Crippen molar-refractivity contribution in [1.29, 1.82) is 0 Å². The van der Waals surface area contributed by atoms with Gasteiger partial charge < -0.3 is 5.11 Å². The molecule has 3 atom stereocenters. The number of allylic oxidation sites excluding steroid dienone is 3. The lowest BCUT2D eigenvalue weighted by Crippen LogP contribution is -2.45. The van der Waals surface area contributed by atoms with Gasteiger partial charge in [-0.15, -0.1) is 0 Å². The number of carbonyl (C=O) groups is 2. The smallest absolute Gasteiger partial charge is 0.313 e. The third-order valence-corrected chi connectivity index (χ3v) is 6.85. The summed E-state index contributed by atoms with van der Waals surface area (Å²) in [5, 5.41) is 10.0. The Hall–Kier alpha value is -1.38. The van der Waals surface area contributed by atoms with Gasteiger partial charge in [0.2, 0.25) is 0 Å². The van der Waals surface area contributed by atoms with Gasteiger partial charge in [0.1, 0.15) is 6.29 Å². The molecular formula is C20H28O3. The Labute approximate surface area is 138 Å². The summed E-state index contributed by atoms with van der Waals surface area (Å²) in [5.74, 6) is 0.0603. The zero-order chi connectivity index (χ0) is 16.8. The summed E-state index contributed by atoms with van der Waals surface area (Å²) in [6.07, 6.45) is 9.12. The molecule has 0 aromatic carbocycles. The third-order valence-electron chi connectivity index (χ3n) is 6.85. The van der Waals surface area contributed by atoms with Crippen molar-refractivity contribution >= 4 is 12.3 Å². The van der Waals surface area contributed by atoms with E-state index in [1.807, 2.05) is 0 Å². The number of carboxylic acid groups (broad SMARTS) is 1. The van der Waals surface area contributed by atoms with Crippen LogP contribution in [-0.2, 0) is 9.59 Å². The molecule has 0 amide bonds. The highest BCUT2D eigenvalue weighted by atomic mass is 16.4. The number of aldehydes is 1. The number of carboxylic acids is 1. The molecule has 0 heterocycles. The van der Waals surface area contributed by atoms with Crippen LogP contribution in [0.15, 0.2) is 22.8 Å². The van der Waals surface area contributed by atoms with E-state index in [2.05, 4.69) is 26.8 Å². The lowest BCUT2D eigenvalue weighted by molar-refractivity contribution is -0.149. The van der Waals surface area contributed by atoms with Crippen LogP contribution in [0.25, 0.3) is 0 Å². The molecule has 23 heavy (non-hydrogen) atoms. The highest BCUT2D eigenvalue weighted by Crippen LogP contribution is 2.63. The highest BCUT2D eigenvalue weighted by molar-refractivity contribution is 5.81. The monoisotopic (exact) mass is 316 g/mol. The van der Waals surface area contributed by atoms with Crippen LogP contribution in [-0.4, -0.2) is 17.4 Å². The maximum Gasteiger partial charge on any atom is 0.313 e. The van der Waals surface area contributed by atoms with E-state index < -0.39 is 11.4 Å². The summed E-state index contributed by atoms with van der Waals surface area (Å²) in [6.45, 7) is 6.69. The molecule has 1 N–H and O–H groups in total. The van der Waals surface area contributed by atoms with Crippen LogP contribution in [0.5, 0.6) is 0 Å². The minimum absolute atomic E-state index is 0.125. The summed E-state index contributed by atoms with van der Waals surface area (Å²) in [5.41, 5.74) is 3.00. The van der Waals surface area contributed by atoms with Crippen molar-refractivity contribution in [1.82, 2.24) is 0 Å². The van der Waals surface area contributed by atoms with Gasteiger partial charge in [0, 0.05) is 0 Å². The molecule has 0 unspecified atom stereocenters. The van der Waals surface area contributed by atoms with E-state index >= 15 is 0 Å². The quantitative estimate of drug-likeness (QED) is 0.615. The minimum Gasteiger partial charge on any atom is -0.481 e. The van der Waals surface area contributed by atoms with Crippen LogP contribution in [0.1, 0.15) is 65.7 Å². The lowest BCUT2D eigenvalue weighted by atomic mass is 9.54. The Morgan fingerprint density at radius 1 is 1.26 bits per heavy atom. The molecule has 0 spiro atoms. The number of fused-ring (bicyclic) bond motifs is 3. The van der Waals surface area contributed by atoms with Crippen molar-refractivity contribution in [3.05, 3.63) is 22.8 Å². The standard InChI is InChI=1S/C20H28O3/c1-13(2)15-7-9-20(18(22)23)11-10-19(3)8-6-14(12-21)4-5-16(19)17(15)20/h4,12-13,16H,5-11H2,1-3H3,(H,22,23)/t16-,19-,20+/m1/s1. The van der Waals surface area contributed by atoms with Gasteiger partial charge in [-0.2, -0.15) is 0 Å². The van der Waals surface area contributed by atoms with Gasteiger partial charge in [0.15, 0.2) is 0 Å². The molecule has 3 aliphatic carbocycles. The predicted octanol–water partition coefficient (Wildman–Crippen LogP) is 4.53. The first-order valence-electron chi connectivity index (χ1n) is 8.95. The van der Waals surface area contributed by atoms with Crippen LogP contribution in [0.2, 0.25) is 0 Å². The van der Waals surface area contributed by atoms with E-state index in [1.165, 1.54) is 11.1 Å². The van der Waals surface area contributed by atoms with E-state index in [0.29, 0.717) is 5.92 Å². The summed E-state index contributed by atoms with van der Waals surface area (Å²) in [7, 11) is 0. The second-order valence-electron chi connectivity index (χ2n) is 8.32. The number of hydrogen-bond acceptors (Lipinski definition) is 2. The number of hydrogen-bond donors (Lipinski definition) is 1. The summed E-state index contributed by atoms with van der Waals surface area (Å²) < 4.78 is 0. The van der Waals surface area contributed by atoms with Crippen LogP contribution in [0.4, 0.5) is 0 Å². The minimum atomic E-state index is -0.636. The zero-order valence-corrected chi connectivity index (χ0v) is 14.5. The van der Waals surface area contributed by atoms with E-state index in [1.54, 1.807) is 0 Å². The largest absolute Gasteiger partial charge is 0.481 e. The Bertz CT molecular complexity index is 598. The molecule has 1 saturated carbocycles. The molecule has 0 aromatic heterocycles. The first kappa shape index (κ1) is 16.5. The molecule has 3 heteroatoms. The van der Waals surface area contributed by atoms with Crippen LogP contribution in [0.3, 0.4) is 0 Å². The molecule has 3 rings (SSSR count). The first-order valence-corrected chi connectivity index (χ1v) is 8.95. The van der Waals surface area contributed by atoms with Crippen molar-refractivity contribution in [2.24, 2.45) is 22.7 Å². The molecule has 3 aliphatic rings. The maximum atomic E-state index is 12.2. The molecular weight excluding hydrogens is 288 g/mol. The lowest BCUT2D eigenvalue weighted by Gasteiger charge is -2.49. The zero-order valence-electron chi connectivity index (χ0n) is 14.5. The van der Waals surface area contributed by atoms with E-state index in [9.17, 15) is 14.7 Å². The molecule has 0 aromatic rings. The molecule has 1 fully saturated rings. The van der Waals surface area contributed by atoms with Crippen molar-refractivity contribution in [3.8, 4) is 0 Å². The fourth-order valence-corrected chi connectivity index (χ4v) is 5.30. The highest BCUT2D eigenvalue weighted by Gasteiger charge is 2.57. The van der Waals surface area contributed by atoms with E-state index in [-0.39, 0.29) is 11.3 Å². The van der Waals surface area contributed by atoms with Gasteiger partial charge in [-0.05, 0) is 73.3 Å². The number of carbonyl (C=O) groups excluding carboxylic acids is 1. The maximum absolute atomic E-state index is 12.2. The Kier molecular flexibility index (Phi) is 4.02. The van der Waals surface area contributed by atoms with Crippen molar-refractivity contribution < 1.29 is 14.7 Å². The first-order chi connectivity index (χ1) is 10.8. The second kappa shape index (κ2) is 5.61. The number of aliphatic carboxylic acids is 1. The molecule has 3 nitrogen and oxygen atoms in total. The Morgan fingerprint density at radius 2 is 2.00 bits per heavy atom. The topological polar surface area (TPSA) is 54.4 Å². The number of rotatable bonds is 3. The predicted molar refractivity (Wildman–Crippen MR) is 90.0 cm³/mol. The molecule has 0 saturated heterocycles. The third kappa shape index (κ3) is 2.40. The van der Waals surface area contributed by atoms with Gasteiger partial charge in [0.25, 0.3) is 0 Å². The molecule has 0 bridgehead atoms. The van der Waals surface area contributed by atoms with E-state index in [0.717, 1.165) is 56.8 Å². The second-order valence-corrected chi connectivity index (χ2v) is 8.32. The Balaban J connectivity index is 2.13. The van der Waals surface area contributed by atoms with Crippen LogP contribution in [0, 0.1) is 22.7 Å². The molecule has 0 radical (unpaired) electrons. The van der Waals surface area contributed by atoms with Crippen LogP contribution < -0.4 is 0 Å². The summed E-state index contributed by atoms with van der Waals surface area (Å²) >= 11 is 0. The van der Waals surface area contributed by atoms with Gasteiger partial charge in [0.05, 0.1) is 5.41 Å². The van der Waals surface area contributed by atoms with E-state index in [4.69, 9.17) is 0 Å². The summed E-state index contributed by atoms with van der Waals surface area (Å²) in [4.78, 5) is 23.4. The van der Waals surface area contributed by atoms with Crippen molar-refractivity contribution in [3.63, 3.8) is 0 Å². The average Bonchev–Trinajstić information content (AvgIpc) is 2.82. The van der Waals surface area contributed by atoms with Gasteiger partial charge in [-0.3, -0.25) is 9.59 Å². The average molecular weight is 316 g/mol. The summed E-state index contributed by atoms with van der Waals surface area (Å²) in [6, 6.07) is 0. The van der Waals surface area contributed by atoms with Gasteiger partial charge >= 0.3 is 5.97 Å². The van der Waals surface area contributed by atoms with Crippen molar-refractivity contribution in [2.45, 2.75) is 65.7 Å². The molecule has 126 valence electrons. The van der Waals surface area contributed by atoms with Gasteiger partial charge in [-0.1, -0.05) is 32.4 Å². The van der Waals surface area contributed by atoms with Gasteiger partial charge in [-0.25, -0.2) is 0 Å². The normalized spacial score (nSPS) is 37.0. The fourth-order valence-electron chi connectivity index (χ4n) is 5.30. The van der Waals surface area contributed by atoms with Crippen molar-refractivity contribution in [2.75, 3.05) is 0 Å².